The second kappa shape index (κ2) is 10.3. The molecule has 2 aromatic carbocycles. The Hall–Kier alpha value is -3.12. The van der Waals surface area contributed by atoms with Crippen LogP contribution in [0.2, 0.25) is 0 Å². The third-order valence-corrected chi connectivity index (χ3v) is 6.37. The monoisotopic (exact) mass is 433 g/mol. The second-order valence-corrected chi connectivity index (χ2v) is 8.72. The Labute approximate surface area is 187 Å². The van der Waals surface area contributed by atoms with Crippen LogP contribution in [0.25, 0.3) is 0 Å². The normalized spacial score (nSPS) is 14.6. The van der Waals surface area contributed by atoms with E-state index in [4.69, 9.17) is 0 Å². The predicted molar refractivity (Wildman–Crippen MR) is 127 cm³/mol. The molecule has 0 radical (unpaired) electrons. The van der Waals surface area contributed by atoms with E-state index in [0.717, 1.165) is 24.3 Å². The predicted octanol–water partition coefficient (Wildman–Crippen LogP) is 4.72. The Bertz CT molecular complexity index is 981. The number of hydrogen-bond acceptors (Lipinski definition) is 4. The molecular formula is C25H27N3O2S. The van der Waals surface area contributed by atoms with E-state index in [9.17, 15) is 9.59 Å². The van der Waals surface area contributed by atoms with Crippen molar-refractivity contribution in [3.05, 3.63) is 82.6 Å². The van der Waals surface area contributed by atoms with Crippen LogP contribution in [0.1, 0.15) is 34.5 Å². The first-order chi connectivity index (χ1) is 15.2. The molecule has 0 aliphatic carbocycles. The number of benzene rings is 2. The highest BCUT2D eigenvalue weighted by molar-refractivity contribution is 7.12. The average molecular weight is 434 g/mol. The molecule has 2 heterocycles. The molecule has 4 rings (SSSR count). The summed E-state index contributed by atoms with van der Waals surface area (Å²) in [5.41, 5.74) is 2.91. The minimum atomic E-state index is -0.668. The zero-order valence-electron chi connectivity index (χ0n) is 17.4. The highest BCUT2D eigenvalue weighted by atomic mass is 32.1. The number of carbonyl (C=O) groups excluding carboxylic acids is 2. The van der Waals surface area contributed by atoms with Gasteiger partial charge >= 0.3 is 0 Å². The molecule has 5 nitrogen and oxygen atoms in total. The smallest absolute Gasteiger partial charge is 0.262 e. The summed E-state index contributed by atoms with van der Waals surface area (Å²) in [5.74, 6) is -0.453. The molecule has 1 aliphatic heterocycles. The van der Waals surface area contributed by atoms with Gasteiger partial charge in [-0.1, -0.05) is 36.4 Å². The lowest BCUT2D eigenvalue weighted by Gasteiger charge is -2.29. The van der Waals surface area contributed by atoms with Gasteiger partial charge in [0.25, 0.3) is 5.91 Å². The SMILES string of the molecule is O=C(N[C@H](Cc1ccccc1)C(=O)Nc1ccc(N2CCCCC2)cc1)c1cccs1. The fourth-order valence-corrected chi connectivity index (χ4v) is 4.46. The molecule has 0 unspecified atom stereocenters. The van der Waals surface area contributed by atoms with Crippen LogP contribution in [-0.2, 0) is 11.2 Å². The quantitative estimate of drug-likeness (QED) is 0.567. The van der Waals surface area contributed by atoms with Gasteiger partial charge in [0.05, 0.1) is 4.88 Å². The van der Waals surface area contributed by atoms with Crippen molar-refractivity contribution in [1.29, 1.82) is 0 Å². The first-order valence-electron chi connectivity index (χ1n) is 10.7. The number of rotatable bonds is 7. The summed E-state index contributed by atoms with van der Waals surface area (Å²) in [4.78, 5) is 28.7. The van der Waals surface area contributed by atoms with Crippen LogP contribution in [0, 0.1) is 0 Å². The van der Waals surface area contributed by atoms with Gasteiger partial charge in [-0.05, 0) is 60.5 Å². The van der Waals surface area contributed by atoms with Gasteiger partial charge in [0.2, 0.25) is 5.91 Å². The number of anilines is 2. The number of thiophene rings is 1. The Morgan fingerprint density at radius 2 is 1.65 bits per heavy atom. The lowest BCUT2D eigenvalue weighted by atomic mass is 10.0. The first-order valence-corrected chi connectivity index (χ1v) is 11.6. The Morgan fingerprint density at radius 3 is 2.32 bits per heavy atom. The molecule has 2 N–H and O–H groups in total. The average Bonchev–Trinajstić information content (AvgIpc) is 3.36. The third-order valence-electron chi connectivity index (χ3n) is 5.51. The summed E-state index contributed by atoms with van der Waals surface area (Å²) in [5, 5.41) is 7.73. The van der Waals surface area contributed by atoms with E-state index in [-0.39, 0.29) is 11.8 Å². The van der Waals surface area contributed by atoms with Gasteiger partial charge in [0, 0.05) is 30.9 Å². The van der Waals surface area contributed by atoms with Gasteiger partial charge in [-0.3, -0.25) is 9.59 Å². The maximum Gasteiger partial charge on any atom is 0.262 e. The first kappa shape index (κ1) is 21.1. The molecule has 6 heteroatoms. The number of piperidine rings is 1. The molecule has 1 atom stereocenters. The van der Waals surface area contributed by atoms with E-state index in [1.54, 1.807) is 6.07 Å². The van der Waals surface area contributed by atoms with E-state index in [0.29, 0.717) is 11.3 Å². The zero-order valence-corrected chi connectivity index (χ0v) is 18.2. The molecule has 0 saturated carbocycles. The molecule has 1 fully saturated rings. The van der Waals surface area contributed by atoms with Crippen molar-refractivity contribution in [2.24, 2.45) is 0 Å². The summed E-state index contributed by atoms with van der Waals surface area (Å²) in [6, 6.07) is 20.6. The highest BCUT2D eigenvalue weighted by Crippen LogP contribution is 2.22. The molecule has 0 spiro atoms. The Kier molecular flexibility index (Phi) is 6.99. The van der Waals surface area contributed by atoms with Crippen LogP contribution < -0.4 is 15.5 Å². The topological polar surface area (TPSA) is 61.4 Å². The van der Waals surface area contributed by atoms with Crippen molar-refractivity contribution in [3.63, 3.8) is 0 Å². The molecule has 0 bridgehead atoms. The Balaban J connectivity index is 1.44. The van der Waals surface area contributed by atoms with Crippen molar-refractivity contribution in [1.82, 2.24) is 5.32 Å². The summed E-state index contributed by atoms with van der Waals surface area (Å²) in [6.07, 6.45) is 4.17. The summed E-state index contributed by atoms with van der Waals surface area (Å²) < 4.78 is 0. The number of nitrogens with zero attached hydrogens (tertiary/aromatic N) is 1. The van der Waals surface area contributed by atoms with Crippen LogP contribution in [0.3, 0.4) is 0 Å². The summed E-state index contributed by atoms with van der Waals surface area (Å²) >= 11 is 1.36. The van der Waals surface area contributed by atoms with E-state index in [1.165, 1.54) is 36.3 Å². The molecule has 2 amide bonds. The van der Waals surface area contributed by atoms with Gasteiger partial charge in [0.1, 0.15) is 6.04 Å². The molecule has 1 saturated heterocycles. The fourth-order valence-electron chi connectivity index (χ4n) is 3.83. The van der Waals surface area contributed by atoms with E-state index in [1.807, 2.05) is 53.9 Å². The number of carbonyl (C=O) groups is 2. The van der Waals surface area contributed by atoms with Gasteiger partial charge < -0.3 is 15.5 Å². The Morgan fingerprint density at radius 1 is 0.903 bits per heavy atom. The minimum Gasteiger partial charge on any atom is -0.372 e. The van der Waals surface area contributed by atoms with Gasteiger partial charge in [-0.25, -0.2) is 0 Å². The van der Waals surface area contributed by atoms with Crippen LogP contribution in [-0.4, -0.2) is 30.9 Å². The van der Waals surface area contributed by atoms with Crippen molar-refractivity contribution in [2.45, 2.75) is 31.7 Å². The molecule has 160 valence electrons. The highest BCUT2D eigenvalue weighted by Gasteiger charge is 2.22. The largest absolute Gasteiger partial charge is 0.372 e. The number of nitrogens with one attached hydrogen (secondary N) is 2. The second-order valence-electron chi connectivity index (χ2n) is 7.78. The zero-order chi connectivity index (χ0) is 21.5. The standard InChI is InChI=1S/C25H27N3O2S/c29-24(26-20-11-13-21(14-12-20)28-15-5-2-6-16-28)22(18-19-8-3-1-4-9-19)27-25(30)23-10-7-17-31-23/h1,3-4,7-14,17,22H,2,5-6,15-16,18H2,(H,26,29)(H,27,30)/t22-/m1/s1. The van der Waals surface area contributed by atoms with Crippen molar-refractivity contribution in [3.8, 4) is 0 Å². The third kappa shape index (κ3) is 5.73. The number of amides is 2. The van der Waals surface area contributed by atoms with Gasteiger partial charge in [0.15, 0.2) is 0 Å². The van der Waals surface area contributed by atoms with Crippen LogP contribution in [0.15, 0.2) is 72.1 Å². The van der Waals surface area contributed by atoms with E-state index in [2.05, 4.69) is 27.7 Å². The van der Waals surface area contributed by atoms with Crippen molar-refractivity contribution < 1.29 is 9.59 Å². The number of hydrogen-bond donors (Lipinski definition) is 2. The molecule has 31 heavy (non-hydrogen) atoms. The lowest BCUT2D eigenvalue weighted by Crippen LogP contribution is -2.45. The van der Waals surface area contributed by atoms with Crippen LogP contribution >= 0.6 is 11.3 Å². The van der Waals surface area contributed by atoms with Gasteiger partial charge in [-0.15, -0.1) is 11.3 Å². The molecular weight excluding hydrogens is 406 g/mol. The molecule has 3 aromatic rings. The summed E-state index contributed by atoms with van der Waals surface area (Å²) in [7, 11) is 0. The molecule has 1 aromatic heterocycles. The maximum atomic E-state index is 13.1. The van der Waals surface area contributed by atoms with Crippen molar-refractivity contribution in [2.75, 3.05) is 23.3 Å². The maximum absolute atomic E-state index is 13.1. The van der Waals surface area contributed by atoms with E-state index < -0.39 is 6.04 Å². The van der Waals surface area contributed by atoms with E-state index >= 15 is 0 Å². The minimum absolute atomic E-state index is 0.223. The van der Waals surface area contributed by atoms with Crippen LogP contribution in [0.4, 0.5) is 11.4 Å². The van der Waals surface area contributed by atoms with Gasteiger partial charge in [-0.2, -0.15) is 0 Å². The van der Waals surface area contributed by atoms with Crippen LogP contribution in [0.5, 0.6) is 0 Å². The molecule has 1 aliphatic rings. The lowest BCUT2D eigenvalue weighted by molar-refractivity contribution is -0.118. The summed E-state index contributed by atoms with van der Waals surface area (Å²) in [6.45, 7) is 2.17. The van der Waals surface area contributed by atoms with Crippen molar-refractivity contribution >= 4 is 34.5 Å². The fraction of sp³-hybridized carbons (Fsp3) is 0.280.